The average Bonchev–Trinajstić information content (AvgIpc) is 2.34. The van der Waals surface area contributed by atoms with E-state index in [1.165, 1.54) is 0 Å². The number of nitrogens with zero attached hydrogens (tertiary/aromatic N) is 3. The highest BCUT2D eigenvalue weighted by molar-refractivity contribution is 4.75. The molecular weight excluding hydrogens is 321 g/mol. The first kappa shape index (κ1) is 18.3. The first-order valence-corrected chi connectivity index (χ1v) is 5.77. The lowest BCUT2D eigenvalue weighted by atomic mass is 10.4. The van der Waals surface area contributed by atoms with E-state index in [0.717, 1.165) is 0 Å². The molecule has 126 valence electrons. The number of rotatable bonds is 0. The predicted molar refractivity (Wildman–Crippen MR) is 52.9 cm³/mol. The van der Waals surface area contributed by atoms with Crippen LogP contribution in [0.3, 0.4) is 0 Å². The standard InChI is InChI=1S/C9H12F9N3/c10-7(11,12)19-1-2-20(8(13,14)15)5-6-21(4-3-19)9(16,17)18/h1-6H2. The van der Waals surface area contributed by atoms with Crippen LogP contribution in [0.25, 0.3) is 0 Å². The van der Waals surface area contributed by atoms with Gasteiger partial charge in [0.05, 0.1) is 0 Å². The van der Waals surface area contributed by atoms with Crippen molar-refractivity contribution in [1.29, 1.82) is 0 Å². The molecule has 1 rings (SSSR count). The van der Waals surface area contributed by atoms with Crippen LogP contribution in [-0.2, 0) is 0 Å². The number of hydrogen-bond acceptors (Lipinski definition) is 3. The molecule has 1 aliphatic heterocycles. The van der Waals surface area contributed by atoms with E-state index in [2.05, 4.69) is 0 Å². The molecule has 0 spiro atoms. The van der Waals surface area contributed by atoms with Crippen LogP contribution in [0.1, 0.15) is 0 Å². The molecule has 1 saturated heterocycles. The molecular formula is C9H12F9N3. The Kier molecular flexibility index (Phi) is 5.37. The second-order valence-electron chi connectivity index (χ2n) is 4.36. The van der Waals surface area contributed by atoms with E-state index in [1.54, 1.807) is 0 Å². The summed E-state index contributed by atoms with van der Waals surface area (Å²) < 4.78 is 113. The quantitative estimate of drug-likeness (QED) is 0.498. The zero-order valence-electron chi connectivity index (χ0n) is 10.5. The summed E-state index contributed by atoms with van der Waals surface area (Å²) in [6.07, 6.45) is -15.0. The molecule has 0 aromatic rings. The van der Waals surface area contributed by atoms with Crippen LogP contribution in [0, 0.1) is 0 Å². The summed E-state index contributed by atoms with van der Waals surface area (Å²) in [5, 5.41) is 0. The third-order valence-corrected chi connectivity index (χ3v) is 3.00. The summed E-state index contributed by atoms with van der Waals surface area (Å²) in [5.74, 6) is 0. The summed E-state index contributed by atoms with van der Waals surface area (Å²) in [4.78, 5) is -1.05. The fourth-order valence-electron chi connectivity index (χ4n) is 1.82. The minimum Gasteiger partial charge on any atom is -0.212 e. The fraction of sp³-hybridized carbons (Fsp3) is 1.00. The zero-order valence-corrected chi connectivity index (χ0v) is 10.5. The number of alkyl halides is 9. The summed E-state index contributed by atoms with van der Waals surface area (Å²) in [6, 6.07) is 0. The van der Waals surface area contributed by atoms with Crippen molar-refractivity contribution >= 4 is 0 Å². The van der Waals surface area contributed by atoms with E-state index in [0.29, 0.717) is 0 Å². The Morgan fingerprint density at radius 3 is 0.619 bits per heavy atom. The topological polar surface area (TPSA) is 9.72 Å². The lowest BCUT2D eigenvalue weighted by molar-refractivity contribution is -0.263. The van der Waals surface area contributed by atoms with Crippen molar-refractivity contribution in [2.24, 2.45) is 0 Å². The molecule has 21 heavy (non-hydrogen) atoms. The van der Waals surface area contributed by atoms with Gasteiger partial charge in [-0.15, -0.1) is 0 Å². The normalized spacial score (nSPS) is 22.7. The molecule has 1 heterocycles. The van der Waals surface area contributed by atoms with Crippen molar-refractivity contribution in [2.45, 2.75) is 18.9 Å². The first-order chi connectivity index (χ1) is 9.32. The van der Waals surface area contributed by atoms with Crippen LogP contribution in [0.2, 0.25) is 0 Å². The minimum atomic E-state index is -4.99. The Morgan fingerprint density at radius 2 is 0.524 bits per heavy atom. The molecule has 1 aliphatic rings. The molecule has 0 radical (unpaired) electrons. The van der Waals surface area contributed by atoms with Gasteiger partial charge in [0.2, 0.25) is 0 Å². The monoisotopic (exact) mass is 333 g/mol. The van der Waals surface area contributed by atoms with Gasteiger partial charge in [0.15, 0.2) is 0 Å². The van der Waals surface area contributed by atoms with Crippen molar-refractivity contribution in [3.8, 4) is 0 Å². The Labute approximate surface area is 113 Å². The van der Waals surface area contributed by atoms with E-state index < -0.39 is 58.2 Å². The maximum Gasteiger partial charge on any atom is 0.460 e. The van der Waals surface area contributed by atoms with Gasteiger partial charge in [-0.3, -0.25) is 0 Å². The smallest absolute Gasteiger partial charge is 0.212 e. The second-order valence-corrected chi connectivity index (χ2v) is 4.36. The molecule has 0 aromatic carbocycles. The van der Waals surface area contributed by atoms with Crippen LogP contribution in [0.5, 0.6) is 0 Å². The van der Waals surface area contributed by atoms with Crippen molar-refractivity contribution < 1.29 is 39.5 Å². The molecule has 0 amide bonds. The van der Waals surface area contributed by atoms with Gasteiger partial charge in [0.1, 0.15) is 0 Å². The summed E-state index contributed by atoms with van der Waals surface area (Å²) >= 11 is 0. The van der Waals surface area contributed by atoms with Crippen LogP contribution >= 0.6 is 0 Å². The molecule has 3 nitrogen and oxygen atoms in total. The first-order valence-electron chi connectivity index (χ1n) is 5.77. The molecule has 0 bridgehead atoms. The highest BCUT2D eigenvalue weighted by atomic mass is 19.4. The van der Waals surface area contributed by atoms with Gasteiger partial charge in [0.25, 0.3) is 0 Å². The maximum absolute atomic E-state index is 12.6. The predicted octanol–water partition coefficient (Wildman–Crippen LogP) is 2.47. The second kappa shape index (κ2) is 6.16. The molecule has 0 saturated carbocycles. The lowest BCUT2D eigenvalue weighted by Gasteiger charge is -2.28. The van der Waals surface area contributed by atoms with Gasteiger partial charge >= 0.3 is 18.9 Å². The van der Waals surface area contributed by atoms with Gasteiger partial charge < -0.3 is 0 Å². The molecule has 0 atom stereocenters. The Balaban J connectivity index is 2.93. The van der Waals surface area contributed by atoms with E-state index >= 15 is 0 Å². The van der Waals surface area contributed by atoms with E-state index in [4.69, 9.17) is 0 Å². The average molecular weight is 333 g/mol. The van der Waals surface area contributed by atoms with E-state index in [9.17, 15) is 39.5 Å². The largest absolute Gasteiger partial charge is 0.460 e. The van der Waals surface area contributed by atoms with Crippen molar-refractivity contribution in [2.75, 3.05) is 39.3 Å². The number of hydrogen-bond donors (Lipinski definition) is 0. The Bertz CT molecular complexity index is 271. The molecule has 12 heteroatoms. The van der Waals surface area contributed by atoms with Crippen LogP contribution in [-0.4, -0.2) is 72.9 Å². The third kappa shape index (κ3) is 5.51. The van der Waals surface area contributed by atoms with Crippen LogP contribution in [0.4, 0.5) is 39.5 Å². The van der Waals surface area contributed by atoms with Gasteiger partial charge in [0, 0.05) is 39.3 Å². The van der Waals surface area contributed by atoms with Crippen molar-refractivity contribution in [3.63, 3.8) is 0 Å². The van der Waals surface area contributed by atoms with Gasteiger partial charge in [-0.25, -0.2) is 14.7 Å². The molecule has 0 aromatic heterocycles. The highest BCUT2D eigenvalue weighted by Crippen LogP contribution is 2.27. The molecule has 1 fully saturated rings. The lowest BCUT2D eigenvalue weighted by Crippen LogP contribution is -2.47. The van der Waals surface area contributed by atoms with Gasteiger partial charge in [-0.2, -0.15) is 39.5 Å². The fourth-order valence-corrected chi connectivity index (χ4v) is 1.82. The maximum atomic E-state index is 12.6. The van der Waals surface area contributed by atoms with Crippen molar-refractivity contribution in [1.82, 2.24) is 14.7 Å². The molecule has 0 unspecified atom stereocenters. The Morgan fingerprint density at radius 1 is 0.381 bits per heavy atom. The van der Waals surface area contributed by atoms with Crippen molar-refractivity contribution in [3.05, 3.63) is 0 Å². The summed E-state index contributed by atoms with van der Waals surface area (Å²) in [5.41, 5.74) is 0. The van der Waals surface area contributed by atoms with Gasteiger partial charge in [-0.05, 0) is 0 Å². The zero-order chi connectivity index (χ0) is 16.5. The summed E-state index contributed by atoms with van der Waals surface area (Å²) in [7, 11) is 0. The van der Waals surface area contributed by atoms with E-state index in [1.807, 2.05) is 0 Å². The van der Waals surface area contributed by atoms with Gasteiger partial charge in [-0.1, -0.05) is 0 Å². The third-order valence-electron chi connectivity index (χ3n) is 3.00. The number of halogens is 9. The van der Waals surface area contributed by atoms with E-state index in [-0.39, 0.29) is 14.7 Å². The summed E-state index contributed by atoms with van der Waals surface area (Å²) in [6.45, 7) is -6.28. The minimum absolute atomic E-state index is 0.351. The van der Waals surface area contributed by atoms with Crippen LogP contribution in [0.15, 0.2) is 0 Å². The Hall–Kier alpha value is -0.750. The molecule has 0 N–H and O–H groups in total. The van der Waals surface area contributed by atoms with Crippen LogP contribution < -0.4 is 0 Å². The highest BCUT2D eigenvalue weighted by Gasteiger charge is 2.45. The molecule has 0 aliphatic carbocycles. The SMILES string of the molecule is FC(F)(F)N1CCN(C(F)(F)F)CCN(C(F)(F)F)CC1.